The highest BCUT2D eigenvalue weighted by Gasteiger charge is 2.59. The van der Waals surface area contributed by atoms with Crippen LogP contribution in [0.15, 0.2) is 41.8 Å². The fraction of sp³-hybridized carbons (Fsp3) is 0.500. The Hall–Kier alpha value is -2.89. The predicted octanol–water partition coefficient (Wildman–Crippen LogP) is 6.42. The molecule has 3 unspecified atom stereocenters. The maximum Gasteiger partial charge on any atom is 0.306 e. The molecule has 2 saturated carbocycles. The Morgan fingerprint density at radius 2 is 1.73 bits per heavy atom. The van der Waals surface area contributed by atoms with Crippen molar-refractivity contribution < 1.29 is 28.6 Å². The maximum absolute atomic E-state index is 15.9. The lowest BCUT2D eigenvalue weighted by Gasteiger charge is -2.49. The average molecular weight is 654 g/mol. The van der Waals surface area contributed by atoms with E-state index in [2.05, 4.69) is 15.1 Å². The minimum absolute atomic E-state index is 0.141. The van der Waals surface area contributed by atoms with Gasteiger partial charge in [-0.25, -0.2) is 4.39 Å². The van der Waals surface area contributed by atoms with E-state index in [1.165, 1.54) is 17.4 Å². The number of Topliss-reactive ketones (excluding diaryl/α,β-unsaturated/α-hetero) is 1. The molecular formula is C34H37ClFN3O5S. The van der Waals surface area contributed by atoms with E-state index in [4.69, 9.17) is 16.3 Å². The zero-order valence-corrected chi connectivity index (χ0v) is 26.5. The van der Waals surface area contributed by atoms with Crippen molar-refractivity contribution in [2.75, 3.05) is 31.5 Å². The Kier molecular flexibility index (Phi) is 8.45. The highest BCUT2D eigenvalue weighted by Crippen LogP contribution is 2.49. The molecule has 2 N–H and O–H groups in total. The number of ketones is 1. The van der Waals surface area contributed by atoms with Crippen LogP contribution in [0.25, 0.3) is 10.1 Å². The lowest BCUT2D eigenvalue weighted by Crippen LogP contribution is -2.67. The van der Waals surface area contributed by atoms with Gasteiger partial charge in [-0.1, -0.05) is 35.9 Å². The van der Waals surface area contributed by atoms with Crippen molar-refractivity contribution in [3.63, 3.8) is 0 Å². The number of piperidine rings is 1. The Morgan fingerprint density at radius 1 is 1.02 bits per heavy atom. The molecule has 4 aliphatic rings. The molecule has 11 heteroatoms. The van der Waals surface area contributed by atoms with Gasteiger partial charge in [0, 0.05) is 48.1 Å². The summed E-state index contributed by atoms with van der Waals surface area (Å²) in [7, 11) is 0. The van der Waals surface area contributed by atoms with Crippen LogP contribution in [-0.4, -0.2) is 70.7 Å². The van der Waals surface area contributed by atoms with E-state index in [1.807, 2.05) is 24.3 Å². The molecule has 0 spiro atoms. The van der Waals surface area contributed by atoms with E-state index < -0.39 is 23.6 Å². The molecule has 45 heavy (non-hydrogen) atoms. The number of hydrogen-bond donors (Lipinski definition) is 2. The van der Waals surface area contributed by atoms with Crippen molar-refractivity contribution >= 4 is 56.4 Å². The van der Waals surface area contributed by atoms with Crippen LogP contribution in [-0.2, 0) is 20.7 Å². The van der Waals surface area contributed by atoms with E-state index in [9.17, 15) is 19.5 Å². The molecule has 1 aromatic heterocycles. The van der Waals surface area contributed by atoms with Gasteiger partial charge in [0.2, 0.25) is 5.85 Å². The van der Waals surface area contributed by atoms with Crippen molar-refractivity contribution in [2.24, 2.45) is 17.8 Å². The predicted molar refractivity (Wildman–Crippen MR) is 171 cm³/mol. The summed E-state index contributed by atoms with van der Waals surface area (Å²) in [6.07, 6.45) is 4.70. The molecule has 2 aliphatic carbocycles. The topological polar surface area (TPSA) is 99.2 Å². The van der Waals surface area contributed by atoms with Gasteiger partial charge in [0.25, 0.3) is 5.91 Å². The Morgan fingerprint density at radius 3 is 2.44 bits per heavy atom. The number of anilines is 1. The number of likely N-dealkylation sites (tertiary alicyclic amines) is 2. The highest BCUT2D eigenvalue weighted by molar-refractivity contribution is 7.17. The third kappa shape index (κ3) is 5.80. The molecule has 4 fully saturated rings. The zero-order valence-electron chi connectivity index (χ0n) is 25.0. The molecule has 1 amide bonds. The van der Waals surface area contributed by atoms with E-state index in [0.29, 0.717) is 56.2 Å². The number of halogens is 2. The van der Waals surface area contributed by atoms with Crippen LogP contribution in [0.2, 0.25) is 5.02 Å². The van der Waals surface area contributed by atoms with Crippen LogP contribution in [0.1, 0.15) is 60.9 Å². The van der Waals surface area contributed by atoms with Crippen LogP contribution < -0.4 is 5.32 Å². The summed E-state index contributed by atoms with van der Waals surface area (Å²) in [6.45, 7) is 2.91. The largest absolute Gasteiger partial charge is 0.481 e. The number of carbonyl (C=O) groups excluding carboxylic acids is 2. The normalized spacial score (nSPS) is 26.4. The summed E-state index contributed by atoms with van der Waals surface area (Å²) < 4.78 is 23.8. The summed E-state index contributed by atoms with van der Waals surface area (Å²) in [6, 6.07) is 10.7. The highest BCUT2D eigenvalue weighted by atomic mass is 35.5. The Bertz CT molecular complexity index is 1620. The molecule has 2 aliphatic heterocycles. The number of aliphatic carboxylic acids is 1. The summed E-state index contributed by atoms with van der Waals surface area (Å²) in [5.41, 5.74) is 0.776. The second-order valence-electron chi connectivity index (χ2n) is 13.0. The summed E-state index contributed by atoms with van der Waals surface area (Å²) in [5.74, 6) is -2.79. The molecule has 238 valence electrons. The van der Waals surface area contributed by atoms with Gasteiger partial charge in [0.15, 0.2) is 5.78 Å². The van der Waals surface area contributed by atoms with Gasteiger partial charge in [-0.15, -0.1) is 11.3 Å². The first-order valence-electron chi connectivity index (χ1n) is 15.9. The van der Waals surface area contributed by atoms with Gasteiger partial charge < -0.3 is 15.2 Å². The van der Waals surface area contributed by atoms with Crippen LogP contribution in [0, 0.1) is 23.6 Å². The number of nitrogens with zero attached hydrogens (tertiary/aromatic N) is 2. The fourth-order valence-corrected chi connectivity index (χ4v) is 8.72. The monoisotopic (exact) mass is 653 g/mol. The second kappa shape index (κ2) is 12.4. The lowest BCUT2D eigenvalue weighted by molar-refractivity contribution is -0.254. The van der Waals surface area contributed by atoms with E-state index in [-0.39, 0.29) is 40.5 Å². The number of fused-ring (bicyclic) bond motifs is 2. The van der Waals surface area contributed by atoms with Gasteiger partial charge >= 0.3 is 5.97 Å². The summed E-state index contributed by atoms with van der Waals surface area (Å²) >= 11 is 7.95. The lowest BCUT2D eigenvalue weighted by atomic mass is 9.87. The number of carbonyl (C=O) groups is 3. The van der Waals surface area contributed by atoms with Gasteiger partial charge in [-0.05, 0) is 74.5 Å². The first kappa shape index (κ1) is 30.7. The number of rotatable bonds is 10. The standard InChI is InChI=1S/C34H37ClFN3O5S/c35-30-27(37-32(41)26-19-45-28-6-2-1-5-25(26)28)12-9-21(31(30)36)16-29(40)34(38-13-3-4-14-38,39-17-22-15-23(22)18-39)44-24-10-7-20(8-11-24)33(42)43/h1-2,5-6,9,12,19-20,22-24H,3-4,7-8,10-11,13-18H2,(H,37,41)(H,42,43). The first-order chi connectivity index (χ1) is 21.7. The molecule has 3 heterocycles. The van der Waals surface area contributed by atoms with E-state index in [0.717, 1.165) is 42.4 Å². The number of nitrogens with one attached hydrogen (secondary N) is 1. The third-order valence-electron chi connectivity index (χ3n) is 10.1. The number of thiophene rings is 1. The third-order valence-corrected chi connectivity index (χ3v) is 11.5. The van der Waals surface area contributed by atoms with Crippen LogP contribution in [0.5, 0.6) is 0 Å². The summed E-state index contributed by atoms with van der Waals surface area (Å²) in [5, 5.41) is 14.6. The number of carboxylic acid groups (broad SMARTS) is 1. The molecule has 0 bridgehead atoms. The van der Waals surface area contributed by atoms with Crippen LogP contribution in [0.3, 0.4) is 0 Å². The number of ether oxygens (including phenoxy) is 1. The molecule has 7 rings (SSSR count). The minimum Gasteiger partial charge on any atom is -0.481 e. The molecule has 8 nitrogen and oxygen atoms in total. The zero-order chi connectivity index (χ0) is 31.3. The fourth-order valence-electron chi connectivity index (χ4n) is 7.55. The van der Waals surface area contributed by atoms with Gasteiger partial charge in [-0.2, -0.15) is 0 Å². The Balaban J connectivity index is 1.14. The number of benzene rings is 2. The van der Waals surface area contributed by atoms with Crippen LogP contribution >= 0.6 is 22.9 Å². The number of hydrogen-bond acceptors (Lipinski definition) is 7. The van der Waals surface area contributed by atoms with Crippen molar-refractivity contribution in [1.82, 2.24) is 9.80 Å². The maximum atomic E-state index is 15.9. The van der Waals surface area contributed by atoms with Crippen molar-refractivity contribution in [3.05, 3.63) is 63.7 Å². The second-order valence-corrected chi connectivity index (χ2v) is 14.3. The van der Waals surface area contributed by atoms with Gasteiger partial charge in [0.05, 0.1) is 23.3 Å². The van der Waals surface area contributed by atoms with E-state index >= 15 is 4.39 Å². The quantitative estimate of drug-likeness (QED) is 0.261. The number of amides is 1. The Labute approximate surface area is 270 Å². The minimum atomic E-state index is -1.34. The molecular weight excluding hydrogens is 617 g/mol. The van der Waals surface area contributed by atoms with Crippen molar-refractivity contribution in [3.8, 4) is 0 Å². The first-order valence-corrected chi connectivity index (χ1v) is 17.2. The molecule has 0 radical (unpaired) electrons. The van der Waals surface area contributed by atoms with Crippen molar-refractivity contribution in [2.45, 2.75) is 63.3 Å². The van der Waals surface area contributed by atoms with E-state index in [1.54, 1.807) is 11.4 Å². The van der Waals surface area contributed by atoms with Crippen LogP contribution in [0.4, 0.5) is 10.1 Å². The van der Waals surface area contributed by atoms with Gasteiger partial charge in [-0.3, -0.25) is 24.2 Å². The van der Waals surface area contributed by atoms with Gasteiger partial charge in [0.1, 0.15) is 10.8 Å². The molecule has 3 atom stereocenters. The van der Waals surface area contributed by atoms with Crippen molar-refractivity contribution in [1.29, 1.82) is 0 Å². The smallest absolute Gasteiger partial charge is 0.306 e. The average Bonchev–Trinajstić information content (AvgIpc) is 3.45. The molecule has 2 saturated heterocycles. The SMILES string of the molecule is O=C(Nc1ccc(CC(=O)C(OC2CCC(C(=O)O)CC2)(N2CCCC2)N2CC3CC3C2)c(F)c1Cl)c1csc2ccccc12. The molecule has 2 aromatic carbocycles. The summed E-state index contributed by atoms with van der Waals surface area (Å²) in [4.78, 5) is 43.6. The number of carboxylic acids is 1. The molecule has 3 aromatic rings.